The van der Waals surface area contributed by atoms with Crippen molar-refractivity contribution in [3.8, 4) is 11.1 Å². The smallest absolute Gasteiger partial charge is 0.0635 e. The molecule has 0 unspecified atom stereocenters. The molecule has 4 aromatic rings. The van der Waals surface area contributed by atoms with E-state index in [1.807, 2.05) is 0 Å². The van der Waals surface area contributed by atoms with Gasteiger partial charge < -0.3 is 10.0 Å². The molecule has 1 N–H and O–H groups in total. The first-order valence-corrected chi connectivity index (χ1v) is 12.7. The second-order valence-electron chi connectivity index (χ2n) is 8.22. The molecule has 1 saturated heterocycles. The Hall–Kier alpha value is -2.93. The van der Waals surface area contributed by atoms with E-state index in [1.54, 1.807) is 0 Å². The van der Waals surface area contributed by atoms with Gasteiger partial charge >= 0.3 is 0 Å². The van der Waals surface area contributed by atoms with Crippen molar-refractivity contribution in [1.82, 2.24) is 0 Å². The van der Waals surface area contributed by atoms with E-state index in [9.17, 15) is 5.11 Å². The number of rotatable bonds is 6. The number of para-hydroxylation sites is 1. The normalized spacial score (nSPS) is 15.9. The Labute approximate surface area is 191 Å². The third-order valence-corrected chi connectivity index (χ3v) is 8.72. The molecule has 0 saturated carbocycles. The minimum atomic E-state index is -0.737. The Bertz CT molecular complexity index is 1110. The van der Waals surface area contributed by atoms with Crippen molar-refractivity contribution in [3.63, 3.8) is 0 Å². The summed E-state index contributed by atoms with van der Waals surface area (Å²) in [5.74, 6) is 0. The van der Waals surface area contributed by atoms with E-state index in [0.29, 0.717) is 0 Å². The highest BCUT2D eigenvalue weighted by molar-refractivity contribution is 7.80. The maximum Gasteiger partial charge on any atom is 0.0635 e. The number of hydrogen-bond donors (Lipinski definition) is 1. The van der Waals surface area contributed by atoms with Crippen LogP contribution in [0.5, 0.6) is 0 Å². The first-order valence-electron chi connectivity index (χ1n) is 11.3. The highest BCUT2D eigenvalue weighted by atomic mass is 31.1. The average Bonchev–Trinajstić information content (AvgIpc) is 3.34. The summed E-state index contributed by atoms with van der Waals surface area (Å²) in [6, 6.07) is 39.3. The quantitative estimate of drug-likeness (QED) is 0.426. The highest BCUT2D eigenvalue weighted by Gasteiger charge is 2.31. The Morgan fingerprint density at radius 3 is 1.91 bits per heavy atom. The summed E-state index contributed by atoms with van der Waals surface area (Å²) in [6.07, 6.45) is 2.15. The van der Waals surface area contributed by atoms with Crippen LogP contribution < -0.4 is 20.8 Å². The molecule has 32 heavy (non-hydrogen) atoms. The Morgan fingerprint density at radius 2 is 1.31 bits per heavy atom. The van der Waals surface area contributed by atoms with Gasteiger partial charge in [-0.1, -0.05) is 109 Å². The fraction of sp³-hybridized carbons (Fsp3) is 0.172. The fourth-order valence-electron chi connectivity index (χ4n) is 4.77. The molecule has 0 spiro atoms. The number of nitrogens with zero attached hydrogens (tertiary/aromatic N) is 1. The minimum absolute atomic E-state index is 0.169. The van der Waals surface area contributed by atoms with E-state index in [4.69, 9.17) is 0 Å². The molecule has 1 heterocycles. The van der Waals surface area contributed by atoms with Gasteiger partial charge in [0.25, 0.3) is 0 Å². The molecular weight excluding hydrogens is 409 g/mol. The second kappa shape index (κ2) is 9.69. The van der Waals surface area contributed by atoms with Crippen molar-refractivity contribution in [1.29, 1.82) is 0 Å². The number of hydrogen-bond acceptors (Lipinski definition) is 2. The highest BCUT2D eigenvalue weighted by Crippen LogP contribution is 2.42. The fourth-order valence-corrected chi connectivity index (χ4v) is 7.26. The lowest BCUT2D eigenvalue weighted by molar-refractivity contribution is 0.266. The third kappa shape index (κ3) is 4.09. The van der Waals surface area contributed by atoms with Gasteiger partial charge in [-0.3, -0.25) is 0 Å². The van der Waals surface area contributed by atoms with Crippen LogP contribution in [-0.4, -0.2) is 24.3 Å². The molecule has 0 radical (unpaired) electrons. The van der Waals surface area contributed by atoms with Gasteiger partial charge in [0, 0.05) is 17.4 Å². The van der Waals surface area contributed by atoms with Crippen molar-refractivity contribution in [2.24, 2.45) is 0 Å². The van der Waals surface area contributed by atoms with E-state index >= 15 is 0 Å². The van der Waals surface area contributed by atoms with E-state index in [-0.39, 0.29) is 12.6 Å². The molecule has 2 nitrogen and oxygen atoms in total. The van der Waals surface area contributed by atoms with Crippen molar-refractivity contribution in [2.75, 3.05) is 18.1 Å². The van der Waals surface area contributed by atoms with Gasteiger partial charge in [0.1, 0.15) is 0 Å². The van der Waals surface area contributed by atoms with Gasteiger partial charge in [0.2, 0.25) is 0 Å². The maximum atomic E-state index is 10.2. The Kier molecular flexibility index (Phi) is 6.34. The number of aliphatic hydroxyl groups is 1. The van der Waals surface area contributed by atoms with Crippen molar-refractivity contribution in [3.05, 3.63) is 109 Å². The van der Waals surface area contributed by atoms with Crippen LogP contribution in [0.2, 0.25) is 0 Å². The molecule has 3 heteroatoms. The molecule has 0 bridgehead atoms. The number of benzene rings is 4. The van der Waals surface area contributed by atoms with Crippen LogP contribution in [0.15, 0.2) is 109 Å². The largest absolute Gasteiger partial charge is 0.394 e. The van der Waals surface area contributed by atoms with E-state index in [0.717, 1.165) is 19.4 Å². The average molecular weight is 438 g/mol. The zero-order valence-corrected chi connectivity index (χ0v) is 19.0. The van der Waals surface area contributed by atoms with Crippen molar-refractivity contribution >= 4 is 29.5 Å². The molecule has 1 aliphatic heterocycles. The number of aliphatic hydroxyl groups excluding tert-OH is 1. The monoisotopic (exact) mass is 437 g/mol. The predicted octanol–water partition coefficient (Wildman–Crippen LogP) is 5.07. The number of anilines is 1. The lowest BCUT2D eigenvalue weighted by atomic mass is 10.0. The van der Waals surface area contributed by atoms with Gasteiger partial charge in [-0.2, -0.15) is 0 Å². The SMILES string of the molecule is OC[C@@H]1CCCN1c1c(-c2ccccc2)cccc1P(c1ccccc1)c1ccccc1. The molecule has 0 aliphatic carbocycles. The standard InChI is InChI=1S/C29H28NOP/c31-22-24-14-11-21-30(24)29-27(23-12-4-1-5-13-23)19-10-20-28(29)32(25-15-6-2-7-16-25)26-17-8-3-9-18-26/h1-10,12-13,15-20,24,31H,11,14,21-22H2/t24-/m0/s1. The molecule has 1 atom stereocenters. The Morgan fingerprint density at radius 1 is 0.719 bits per heavy atom. The van der Waals surface area contributed by atoms with Gasteiger partial charge in [-0.15, -0.1) is 0 Å². The van der Waals surface area contributed by atoms with Crippen molar-refractivity contribution < 1.29 is 5.11 Å². The zero-order valence-electron chi connectivity index (χ0n) is 18.1. The summed E-state index contributed by atoms with van der Waals surface area (Å²) in [6.45, 7) is 1.17. The minimum Gasteiger partial charge on any atom is -0.394 e. The third-order valence-electron chi connectivity index (χ3n) is 6.24. The molecular formula is C29H28NOP. The van der Waals surface area contributed by atoms with Crippen molar-refractivity contribution in [2.45, 2.75) is 18.9 Å². The van der Waals surface area contributed by atoms with Crippen LogP contribution in [-0.2, 0) is 0 Å². The van der Waals surface area contributed by atoms with Crippen LogP contribution in [0.4, 0.5) is 5.69 Å². The molecule has 1 fully saturated rings. The summed E-state index contributed by atoms with van der Waals surface area (Å²) in [5.41, 5.74) is 3.76. The molecule has 4 aromatic carbocycles. The van der Waals surface area contributed by atoms with Gasteiger partial charge in [0.05, 0.1) is 18.3 Å². The predicted molar refractivity (Wildman–Crippen MR) is 138 cm³/mol. The van der Waals surface area contributed by atoms with E-state index < -0.39 is 7.92 Å². The first kappa shape index (κ1) is 20.9. The summed E-state index contributed by atoms with van der Waals surface area (Å²) in [4.78, 5) is 2.47. The van der Waals surface area contributed by atoms with Gasteiger partial charge in [-0.25, -0.2) is 0 Å². The summed E-state index contributed by atoms with van der Waals surface area (Å²) in [7, 11) is -0.737. The van der Waals surface area contributed by atoms with E-state index in [1.165, 1.54) is 32.7 Å². The van der Waals surface area contributed by atoms with Crippen LogP contribution >= 0.6 is 7.92 Å². The first-order chi connectivity index (χ1) is 15.9. The van der Waals surface area contributed by atoms with Crippen LogP contribution in [0.1, 0.15) is 12.8 Å². The summed E-state index contributed by atoms with van der Waals surface area (Å²) >= 11 is 0. The lowest BCUT2D eigenvalue weighted by Gasteiger charge is -2.33. The summed E-state index contributed by atoms with van der Waals surface area (Å²) < 4.78 is 0. The van der Waals surface area contributed by atoms with E-state index in [2.05, 4.69) is 114 Å². The van der Waals surface area contributed by atoms with Crippen LogP contribution in [0.3, 0.4) is 0 Å². The molecule has 0 amide bonds. The molecule has 5 rings (SSSR count). The molecule has 0 aromatic heterocycles. The van der Waals surface area contributed by atoms with Crippen LogP contribution in [0.25, 0.3) is 11.1 Å². The molecule has 160 valence electrons. The zero-order chi connectivity index (χ0) is 21.8. The second-order valence-corrected chi connectivity index (χ2v) is 10.4. The Balaban J connectivity index is 1.77. The summed E-state index contributed by atoms with van der Waals surface area (Å²) in [5, 5.41) is 14.2. The maximum absolute atomic E-state index is 10.2. The topological polar surface area (TPSA) is 23.5 Å². The van der Waals surface area contributed by atoms with Gasteiger partial charge in [-0.05, 0) is 36.9 Å². The van der Waals surface area contributed by atoms with Gasteiger partial charge in [0.15, 0.2) is 0 Å². The lowest BCUT2D eigenvalue weighted by Crippen LogP contribution is -2.37. The van der Waals surface area contributed by atoms with Crippen LogP contribution in [0, 0.1) is 0 Å². The molecule has 1 aliphatic rings.